The molecule has 0 unspecified atom stereocenters. The van der Waals surface area contributed by atoms with Gasteiger partial charge < -0.3 is 5.32 Å². The van der Waals surface area contributed by atoms with E-state index in [-0.39, 0.29) is 11.7 Å². The summed E-state index contributed by atoms with van der Waals surface area (Å²) in [4.78, 5) is 12.1. The molecule has 118 valence electrons. The van der Waals surface area contributed by atoms with Crippen LogP contribution in [0.15, 0.2) is 59.8 Å². The van der Waals surface area contributed by atoms with Gasteiger partial charge in [0, 0.05) is 16.5 Å². The Morgan fingerprint density at radius 1 is 1.17 bits per heavy atom. The molecule has 6 heteroatoms. The highest BCUT2D eigenvalue weighted by atomic mass is 32.2. The van der Waals surface area contributed by atoms with Gasteiger partial charge in [0.2, 0.25) is 5.91 Å². The molecule has 1 N–H and O–H groups in total. The van der Waals surface area contributed by atoms with Crippen molar-refractivity contribution in [1.82, 2.24) is 10.2 Å². The third-order valence-corrected chi connectivity index (χ3v) is 4.38. The summed E-state index contributed by atoms with van der Waals surface area (Å²) < 4.78 is 0. The van der Waals surface area contributed by atoms with Crippen LogP contribution in [0.3, 0.4) is 0 Å². The maximum atomic E-state index is 12.1. The first kappa shape index (κ1) is 16.0. The second-order valence-electron chi connectivity index (χ2n) is 5.11. The van der Waals surface area contributed by atoms with Crippen molar-refractivity contribution in [3.63, 3.8) is 0 Å². The van der Waals surface area contributed by atoms with E-state index in [0.29, 0.717) is 12.1 Å². The summed E-state index contributed by atoms with van der Waals surface area (Å²) in [5.41, 5.74) is 1.64. The molecule has 0 bridgehead atoms. The molecule has 0 spiro atoms. The molecule has 0 fully saturated rings. The Labute approximate surface area is 143 Å². The first-order valence-electron chi connectivity index (χ1n) is 7.35. The number of nitriles is 1. The van der Waals surface area contributed by atoms with Crippen LogP contribution in [0.2, 0.25) is 0 Å². The van der Waals surface area contributed by atoms with Crippen LogP contribution >= 0.6 is 11.8 Å². The van der Waals surface area contributed by atoms with E-state index in [1.807, 2.05) is 36.4 Å². The van der Waals surface area contributed by atoms with Crippen LogP contribution in [0, 0.1) is 11.3 Å². The van der Waals surface area contributed by atoms with Crippen molar-refractivity contribution in [2.45, 2.75) is 11.4 Å². The quantitative estimate of drug-likeness (QED) is 0.723. The summed E-state index contributed by atoms with van der Waals surface area (Å²) in [6, 6.07) is 17.2. The lowest BCUT2D eigenvalue weighted by molar-refractivity contribution is -0.113. The van der Waals surface area contributed by atoms with Gasteiger partial charge in [-0.25, -0.2) is 0 Å². The molecule has 2 aromatic carbocycles. The highest BCUT2D eigenvalue weighted by Gasteiger charge is 2.08. The van der Waals surface area contributed by atoms with Gasteiger partial charge >= 0.3 is 0 Å². The maximum Gasteiger partial charge on any atom is 0.234 e. The number of benzene rings is 2. The Balaban J connectivity index is 1.62. The van der Waals surface area contributed by atoms with Gasteiger partial charge in [-0.3, -0.25) is 4.79 Å². The highest BCUT2D eigenvalue weighted by Crippen LogP contribution is 2.24. The average Bonchev–Trinajstić information content (AvgIpc) is 2.62. The average molecular weight is 334 g/mol. The van der Waals surface area contributed by atoms with Crippen molar-refractivity contribution in [1.29, 1.82) is 5.26 Å². The minimum atomic E-state index is -0.109. The van der Waals surface area contributed by atoms with E-state index in [2.05, 4.69) is 21.6 Å². The summed E-state index contributed by atoms with van der Waals surface area (Å²) in [6.07, 6.45) is 2.08. The summed E-state index contributed by atoms with van der Waals surface area (Å²) in [5.74, 6) is 0.144. The number of thioether (sulfide) groups is 1. The predicted molar refractivity (Wildman–Crippen MR) is 94.7 cm³/mol. The van der Waals surface area contributed by atoms with E-state index in [0.717, 1.165) is 21.4 Å². The SMILES string of the molecule is N#CCc1ccc(NC(=O)CSc2nncc3ccccc23)cc1. The van der Waals surface area contributed by atoms with Gasteiger partial charge in [-0.2, -0.15) is 10.4 Å². The lowest BCUT2D eigenvalue weighted by atomic mass is 10.1. The second-order valence-corrected chi connectivity index (χ2v) is 6.07. The standard InChI is InChI=1S/C18H14N4OS/c19-10-9-13-5-7-15(8-6-13)21-17(23)12-24-18-16-4-2-1-3-14(16)11-20-22-18/h1-8,11H,9,12H2,(H,21,23). The number of carbonyl (C=O) groups excluding carboxylic acids is 1. The van der Waals surface area contributed by atoms with E-state index >= 15 is 0 Å². The molecule has 0 radical (unpaired) electrons. The molecule has 5 nitrogen and oxygen atoms in total. The molecule has 1 heterocycles. The topological polar surface area (TPSA) is 78.7 Å². The van der Waals surface area contributed by atoms with E-state index < -0.39 is 0 Å². The Bertz CT molecular complexity index is 898. The minimum Gasteiger partial charge on any atom is -0.325 e. The van der Waals surface area contributed by atoms with Crippen LogP contribution in [0.5, 0.6) is 0 Å². The maximum absolute atomic E-state index is 12.1. The molecular weight excluding hydrogens is 320 g/mol. The van der Waals surface area contributed by atoms with Crippen LogP contribution < -0.4 is 5.32 Å². The normalized spacial score (nSPS) is 10.3. The van der Waals surface area contributed by atoms with Crippen LogP contribution in [0.25, 0.3) is 10.8 Å². The molecule has 0 aliphatic carbocycles. The number of amides is 1. The summed E-state index contributed by atoms with van der Waals surface area (Å²) in [7, 11) is 0. The van der Waals surface area contributed by atoms with Crippen molar-refractivity contribution in [3.8, 4) is 6.07 Å². The fourth-order valence-electron chi connectivity index (χ4n) is 2.24. The number of aromatic nitrogens is 2. The van der Waals surface area contributed by atoms with E-state index in [9.17, 15) is 4.79 Å². The summed E-state index contributed by atoms with van der Waals surface area (Å²) in [6.45, 7) is 0. The molecule has 3 aromatic rings. The smallest absolute Gasteiger partial charge is 0.234 e. The Morgan fingerprint density at radius 2 is 1.96 bits per heavy atom. The van der Waals surface area contributed by atoms with Crippen molar-refractivity contribution in [2.24, 2.45) is 0 Å². The van der Waals surface area contributed by atoms with Gasteiger partial charge in [-0.15, -0.1) is 5.10 Å². The highest BCUT2D eigenvalue weighted by molar-refractivity contribution is 8.00. The fraction of sp³-hybridized carbons (Fsp3) is 0.111. The van der Waals surface area contributed by atoms with Gasteiger partial charge in [0.15, 0.2) is 0 Å². The molecule has 1 amide bonds. The van der Waals surface area contributed by atoms with Gasteiger partial charge in [-0.05, 0) is 17.7 Å². The number of rotatable bonds is 5. The minimum absolute atomic E-state index is 0.109. The molecule has 24 heavy (non-hydrogen) atoms. The monoisotopic (exact) mass is 334 g/mol. The van der Waals surface area contributed by atoms with Gasteiger partial charge in [0.05, 0.1) is 24.4 Å². The first-order chi connectivity index (χ1) is 11.8. The second kappa shape index (κ2) is 7.57. The first-order valence-corrected chi connectivity index (χ1v) is 8.34. The Kier molecular flexibility index (Phi) is 5.04. The van der Waals surface area contributed by atoms with E-state index in [4.69, 9.17) is 5.26 Å². The zero-order valence-electron chi connectivity index (χ0n) is 12.8. The number of nitrogens with zero attached hydrogens (tertiary/aromatic N) is 3. The summed E-state index contributed by atoms with van der Waals surface area (Å²) >= 11 is 1.36. The molecule has 3 rings (SSSR count). The van der Waals surface area contributed by atoms with Crippen LogP contribution in [0.1, 0.15) is 5.56 Å². The lowest BCUT2D eigenvalue weighted by Gasteiger charge is -2.06. The number of anilines is 1. The number of hydrogen-bond donors (Lipinski definition) is 1. The molecule has 0 aliphatic heterocycles. The molecular formula is C18H14N4OS. The summed E-state index contributed by atoms with van der Waals surface area (Å²) in [5, 5.41) is 22.3. The Hall–Kier alpha value is -2.91. The van der Waals surface area contributed by atoms with Crippen molar-refractivity contribution < 1.29 is 4.79 Å². The van der Waals surface area contributed by atoms with Gasteiger partial charge in [0.25, 0.3) is 0 Å². The third-order valence-electron chi connectivity index (χ3n) is 3.40. The molecule has 0 saturated carbocycles. The number of fused-ring (bicyclic) bond motifs is 1. The van der Waals surface area contributed by atoms with Crippen molar-refractivity contribution in [3.05, 3.63) is 60.3 Å². The van der Waals surface area contributed by atoms with E-state index in [1.165, 1.54) is 11.8 Å². The molecule has 1 aromatic heterocycles. The fourth-order valence-corrected chi connectivity index (χ4v) is 3.02. The molecule has 0 aliphatic rings. The number of nitrogens with one attached hydrogen (secondary N) is 1. The van der Waals surface area contributed by atoms with Gasteiger partial charge in [0.1, 0.15) is 5.03 Å². The zero-order valence-corrected chi connectivity index (χ0v) is 13.6. The van der Waals surface area contributed by atoms with Crippen LogP contribution in [0.4, 0.5) is 5.69 Å². The molecule has 0 atom stereocenters. The van der Waals surface area contributed by atoms with Crippen LogP contribution in [-0.2, 0) is 11.2 Å². The number of hydrogen-bond acceptors (Lipinski definition) is 5. The largest absolute Gasteiger partial charge is 0.325 e. The lowest BCUT2D eigenvalue weighted by Crippen LogP contribution is -2.14. The Morgan fingerprint density at radius 3 is 2.75 bits per heavy atom. The number of carbonyl (C=O) groups is 1. The van der Waals surface area contributed by atoms with Crippen molar-refractivity contribution >= 4 is 34.1 Å². The van der Waals surface area contributed by atoms with E-state index in [1.54, 1.807) is 18.3 Å². The zero-order chi connectivity index (χ0) is 16.8. The van der Waals surface area contributed by atoms with Gasteiger partial charge in [-0.1, -0.05) is 48.2 Å². The predicted octanol–water partition coefficient (Wildman–Crippen LogP) is 3.43. The van der Waals surface area contributed by atoms with Crippen LogP contribution in [-0.4, -0.2) is 21.9 Å². The molecule has 0 saturated heterocycles. The third kappa shape index (κ3) is 3.89. The van der Waals surface area contributed by atoms with Crippen molar-refractivity contribution in [2.75, 3.05) is 11.1 Å².